The average Bonchev–Trinajstić information content (AvgIpc) is 2.98. The van der Waals surface area contributed by atoms with E-state index in [1.54, 1.807) is 43.5 Å². The lowest BCUT2D eigenvalue weighted by Crippen LogP contribution is -2.48. The van der Waals surface area contributed by atoms with Gasteiger partial charge in [-0.15, -0.1) is 0 Å². The predicted octanol–water partition coefficient (Wildman–Crippen LogP) is 2.73. The summed E-state index contributed by atoms with van der Waals surface area (Å²) in [5.41, 5.74) is 1.69. The number of aromatic amines is 1. The summed E-state index contributed by atoms with van der Waals surface area (Å²) in [5, 5.41) is 0.311. The maximum Gasteiger partial charge on any atom is 0.329 e. The minimum Gasteiger partial charge on any atom is -0.495 e. The molecule has 1 N–H and O–H groups in total. The highest BCUT2D eigenvalue weighted by Gasteiger charge is 2.24. The van der Waals surface area contributed by atoms with Crippen molar-refractivity contribution in [1.82, 2.24) is 14.5 Å². The zero-order valence-electron chi connectivity index (χ0n) is 22.1. The van der Waals surface area contributed by atoms with Crippen LogP contribution < -0.4 is 30.4 Å². The third-order valence-corrected chi connectivity index (χ3v) is 7.02. The molecule has 202 valence electrons. The number of hydrogen-bond donors (Lipinski definition) is 1. The molecule has 0 saturated carbocycles. The number of carbonyl (C=O) groups excluding carboxylic acids is 1. The van der Waals surface area contributed by atoms with Crippen LogP contribution in [0.4, 0.5) is 5.69 Å². The lowest BCUT2D eigenvalue weighted by atomic mass is 10.1. The monoisotopic (exact) mass is 530 g/mol. The van der Waals surface area contributed by atoms with E-state index in [0.29, 0.717) is 54.1 Å². The first-order valence-corrected chi connectivity index (χ1v) is 12.6. The third kappa shape index (κ3) is 5.05. The van der Waals surface area contributed by atoms with Crippen molar-refractivity contribution in [3.05, 3.63) is 92.6 Å². The summed E-state index contributed by atoms with van der Waals surface area (Å²) in [5.74, 6) is 1.57. The van der Waals surface area contributed by atoms with Crippen LogP contribution in [0.3, 0.4) is 0 Å². The number of carbonyl (C=O) groups is 1. The van der Waals surface area contributed by atoms with Crippen LogP contribution in [0.5, 0.6) is 17.2 Å². The van der Waals surface area contributed by atoms with Gasteiger partial charge < -0.3 is 29.0 Å². The van der Waals surface area contributed by atoms with Crippen molar-refractivity contribution in [2.75, 3.05) is 52.4 Å². The van der Waals surface area contributed by atoms with Crippen molar-refractivity contribution < 1.29 is 19.0 Å². The first kappa shape index (κ1) is 25.9. The number of anilines is 1. The van der Waals surface area contributed by atoms with E-state index >= 15 is 0 Å². The molecule has 1 aliphatic heterocycles. The number of rotatable bonds is 7. The summed E-state index contributed by atoms with van der Waals surface area (Å²) < 4.78 is 17.2. The molecule has 4 aromatic rings. The molecule has 0 aliphatic carbocycles. The Morgan fingerprint density at radius 2 is 1.46 bits per heavy atom. The Hall–Kier alpha value is -4.73. The SMILES string of the molecule is COc1cc2[nH]c(=O)n(Cc3ccc(C(=O)N4CCN(c5ccccc5OC)CC4)cc3)c(=O)c2cc1OC. The number of amides is 1. The lowest BCUT2D eigenvalue weighted by molar-refractivity contribution is 0.0746. The summed E-state index contributed by atoms with van der Waals surface area (Å²) in [6.07, 6.45) is 0. The Morgan fingerprint density at radius 1 is 0.821 bits per heavy atom. The molecule has 0 radical (unpaired) electrons. The number of nitrogens with zero attached hydrogens (tertiary/aromatic N) is 3. The molecule has 39 heavy (non-hydrogen) atoms. The van der Waals surface area contributed by atoms with Crippen molar-refractivity contribution in [1.29, 1.82) is 0 Å². The molecule has 1 fully saturated rings. The molecule has 5 rings (SSSR count). The standard InChI is InChI=1S/C29H30N4O6/c1-37-24-7-5-4-6-23(24)31-12-14-32(15-13-31)27(34)20-10-8-19(9-11-20)18-33-28(35)21-16-25(38-2)26(39-3)17-22(21)30-29(33)36/h4-11,16-17H,12-15,18H2,1-3H3,(H,30,36). The number of aromatic nitrogens is 2. The molecule has 0 unspecified atom stereocenters. The van der Waals surface area contributed by atoms with E-state index in [2.05, 4.69) is 9.88 Å². The van der Waals surface area contributed by atoms with Crippen LogP contribution in [0.1, 0.15) is 15.9 Å². The van der Waals surface area contributed by atoms with Crippen molar-refractivity contribution in [3.63, 3.8) is 0 Å². The van der Waals surface area contributed by atoms with Gasteiger partial charge in [-0.1, -0.05) is 24.3 Å². The molecule has 1 amide bonds. The summed E-state index contributed by atoms with van der Waals surface area (Å²) >= 11 is 0. The molecule has 10 nitrogen and oxygen atoms in total. The summed E-state index contributed by atoms with van der Waals surface area (Å²) in [6.45, 7) is 2.65. The zero-order valence-corrected chi connectivity index (χ0v) is 22.1. The second-order valence-corrected chi connectivity index (χ2v) is 9.22. The minimum absolute atomic E-state index is 0.0528. The number of H-pyrrole nitrogens is 1. The van der Waals surface area contributed by atoms with Crippen LogP contribution in [0.2, 0.25) is 0 Å². The number of benzene rings is 3. The maximum absolute atomic E-state index is 13.2. The highest BCUT2D eigenvalue weighted by Crippen LogP contribution is 2.30. The molecule has 3 aromatic carbocycles. The average molecular weight is 531 g/mol. The number of hydrogen-bond acceptors (Lipinski definition) is 7. The first-order chi connectivity index (χ1) is 18.9. The highest BCUT2D eigenvalue weighted by molar-refractivity contribution is 5.94. The topological polar surface area (TPSA) is 106 Å². The van der Waals surface area contributed by atoms with Crippen LogP contribution in [0.15, 0.2) is 70.3 Å². The number of methoxy groups -OCH3 is 3. The Kier molecular flexibility index (Phi) is 7.27. The van der Waals surface area contributed by atoms with E-state index in [1.807, 2.05) is 29.2 Å². The second-order valence-electron chi connectivity index (χ2n) is 9.22. The van der Waals surface area contributed by atoms with Crippen molar-refractivity contribution in [2.45, 2.75) is 6.54 Å². The molecule has 0 spiro atoms. The van der Waals surface area contributed by atoms with Gasteiger partial charge in [-0.25, -0.2) is 4.79 Å². The van der Waals surface area contributed by atoms with Gasteiger partial charge in [0.1, 0.15) is 5.75 Å². The molecule has 0 bridgehead atoms. The number of piperazine rings is 1. The number of fused-ring (bicyclic) bond motifs is 1. The Bertz CT molecular complexity index is 1620. The van der Waals surface area contributed by atoms with Crippen molar-refractivity contribution in [2.24, 2.45) is 0 Å². The zero-order chi connectivity index (χ0) is 27.5. The Morgan fingerprint density at radius 3 is 2.13 bits per heavy atom. The normalized spacial score (nSPS) is 13.4. The van der Waals surface area contributed by atoms with Gasteiger partial charge >= 0.3 is 5.69 Å². The highest BCUT2D eigenvalue weighted by atomic mass is 16.5. The number of nitrogens with one attached hydrogen (secondary N) is 1. The Balaban J connectivity index is 1.29. The van der Waals surface area contributed by atoms with Gasteiger partial charge in [-0.05, 0) is 35.9 Å². The van der Waals surface area contributed by atoms with E-state index in [9.17, 15) is 14.4 Å². The summed E-state index contributed by atoms with van der Waals surface area (Å²) in [7, 11) is 4.62. The smallest absolute Gasteiger partial charge is 0.329 e. The molecule has 1 saturated heterocycles. The van der Waals surface area contributed by atoms with Gasteiger partial charge in [0.15, 0.2) is 11.5 Å². The lowest BCUT2D eigenvalue weighted by Gasteiger charge is -2.36. The minimum atomic E-state index is -0.534. The van der Waals surface area contributed by atoms with E-state index in [0.717, 1.165) is 21.6 Å². The molecule has 1 aliphatic rings. The predicted molar refractivity (Wildman–Crippen MR) is 149 cm³/mol. The van der Waals surface area contributed by atoms with E-state index < -0.39 is 11.2 Å². The van der Waals surface area contributed by atoms with Gasteiger partial charge in [0.25, 0.3) is 11.5 Å². The van der Waals surface area contributed by atoms with Crippen LogP contribution >= 0.6 is 0 Å². The van der Waals surface area contributed by atoms with Gasteiger partial charge in [-0.2, -0.15) is 0 Å². The van der Waals surface area contributed by atoms with Crippen LogP contribution in [0.25, 0.3) is 10.9 Å². The van der Waals surface area contributed by atoms with Crippen LogP contribution in [-0.2, 0) is 6.54 Å². The summed E-state index contributed by atoms with van der Waals surface area (Å²) in [4.78, 5) is 45.8. The third-order valence-electron chi connectivity index (χ3n) is 7.02. The number of para-hydroxylation sites is 2. The fraction of sp³-hybridized carbons (Fsp3) is 0.276. The van der Waals surface area contributed by atoms with Gasteiger partial charge in [0, 0.05) is 37.8 Å². The molecule has 10 heteroatoms. The van der Waals surface area contributed by atoms with Crippen LogP contribution in [-0.4, -0.2) is 67.9 Å². The fourth-order valence-corrected chi connectivity index (χ4v) is 4.88. The first-order valence-electron chi connectivity index (χ1n) is 12.6. The number of ether oxygens (including phenoxy) is 3. The van der Waals surface area contributed by atoms with Crippen LogP contribution in [0, 0.1) is 0 Å². The second kappa shape index (κ2) is 10.9. The molecule has 1 aromatic heterocycles. The molecular weight excluding hydrogens is 500 g/mol. The Labute approximate surface area is 225 Å². The maximum atomic E-state index is 13.2. The largest absolute Gasteiger partial charge is 0.495 e. The van der Waals surface area contributed by atoms with E-state index in [-0.39, 0.29) is 12.5 Å². The quantitative estimate of drug-likeness (QED) is 0.392. The van der Waals surface area contributed by atoms with Gasteiger partial charge in [0.05, 0.1) is 44.5 Å². The molecule has 2 heterocycles. The summed E-state index contributed by atoms with van der Waals surface area (Å²) in [6, 6.07) is 18.0. The fourth-order valence-electron chi connectivity index (χ4n) is 4.88. The van der Waals surface area contributed by atoms with Gasteiger partial charge in [-0.3, -0.25) is 14.2 Å². The van der Waals surface area contributed by atoms with Crippen molar-refractivity contribution >= 4 is 22.5 Å². The van der Waals surface area contributed by atoms with Crippen molar-refractivity contribution in [3.8, 4) is 17.2 Å². The van der Waals surface area contributed by atoms with E-state index in [1.165, 1.54) is 14.2 Å². The molecule has 0 atom stereocenters. The van der Waals surface area contributed by atoms with E-state index in [4.69, 9.17) is 14.2 Å². The van der Waals surface area contributed by atoms with Gasteiger partial charge in [0.2, 0.25) is 0 Å². The molecular formula is C29H30N4O6.